The first-order valence-electron chi connectivity index (χ1n) is 6.78. The largest absolute Gasteiger partial charge is 0.298 e. The Morgan fingerprint density at radius 1 is 1.42 bits per heavy atom. The van der Waals surface area contributed by atoms with E-state index in [0.29, 0.717) is 0 Å². The van der Waals surface area contributed by atoms with Gasteiger partial charge in [0.25, 0.3) is 0 Å². The van der Waals surface area contributed by atoms with Crippen LogP contribution in [0.5, 0.6) is 0 Å². The van der Waals surface area contributed by atoms with Gasteiger partial charge in [-0.15, -0.1) is 0 Å². The highest BCUT2D eigenvalue weighted by atomic mass is 16.7. The maximum Gasteiger partial charge on any atom is 0.250 e. The van der Waals surface area contributed by atoms with E-state index < -0.39 is 0 Å². The normalized spacial score (nSPS) is 20.2. The highest BCUT2D eigenvalue weighted by Crippen LogP contribution is 2.20. The molecule has 4 nitrogen and oxygen atoms in total. The van der Waals surface area contributed by atoms with E-state index in [1.807, 2.05) is 6.07 Å². The fraction of sp³-hybridized carbons (Fsp3) is 0.533. The van der Waals surface area contributed by atoms with Gasteiger partial charge in [0, 0.05) is 20.1 Å². The van der Waals surface area contributed by atoms with Crippen molar-refractivity contribution in [3.8, 4) is 0 Å². The molecular formula is C15H22N2O2. The number of nitrogens with zero attached hydrogens (tertiary/aromatic N) is 2. The molecular weight excluding hydrogens is 240 g/mol. The third kappa shape index (κ3) is 3.78. The van der Waals surface area contributed by atoms with Crippen molar-refractivity contribution in [2.45, 2.75) is 19.4 Å². The predicted molar refractivity (Wildman–Crippen MR) is 74.2 cm³/mol. The molecule has 19 heavy (non-hydrogen) atoms. The lowest BCUT2D eigenvalue weighted by Gasteiger charge is -2.33. The number of likely N-dealkylation sites (tertiary alicyclic amines) is 1. The molecule has 0 saturated carbocycles. The van der Waals surface area contributed by atoms with Crippen LogP contribution in [0.2, 0.25) is 0 Å². The summed E-state index contributed by atoms with van der Waals surface area (Å²) in [6.45, 7) is 2.80. The van der Waals surface area contributed by atoms with E-state index in [1.54, 1.807) is 7.05 Å². The highest BCUT2D eigenvalue weighted by Gasteiger charge is 2.28. The average molecular weight is 262 g/mol. The SMILES string of the molecule is CON(C)C(=O)C1CCCN(Cc2ccccc2)C1. The van der Waals surface area contributed by atoms with Crippen molar-refractivity contribution in [3.05, 3.63) is 35.9 Å². The van der Waals surface area contributed by atoms with Crippen molar-refractivity contribution >= 4 is 5.91 Å². The minimum atomic E-state index is 0.0578. The van der Waals surface area contributed by atoms with Gasteiger partial charge in [-0.3, -0.25) is 14.5 Å². The number of benzene rings is 1. The number of rotatable bonds is 4. The molecule has 1 aromatic carbocycles. The fourth-order valence-electron chi connectivity index (χ4n) is 2.59. The lowest BCUT2D eigenvalue weighted by molar-refractivity contribution is -0.175. The van der Waals surface area contributed by atoms with Crippen LogP contribution < -0.4 is 0 Å². The Kier molecular flexibility index (Phi) is 4.93. The minimum absolute atomic E-state index is 0.0578. The minimum Gasteiger partial charge on any atom is -0.298 e. The molecule has 0 N–H and O–H groups in total. The van der Waals surface area contributed by atoms with Crippen LogP contribution in [0.3, 0.4) is 0 Å². The van der Waals surface area contributed by atoms with Gasteiger partial charge in [-0.05, 0) is 24.9 Å². The Hall–Kier alpha value is -1.39. The number of carbonyl (C=O) groups is 1. The summed E-state index contributed by atoms with van der Waals surface area (Å²) in [4.78, 5) is 19.4. The second-order valence-corrected chi connectivity index (χ2v) is 5.08. The Morgan fingerprint density at radius 2 is 2.16 bits per heavy atom. The lowest BCUT2D eigenvalue weighted by Crippen LogP contribution is -2.43. The van der Waals surface area contributed by atoms with Crippen LogP contribution in [0.25, 0.3) is 0 Å². The van der Waals surface area contributed by atoms with Crippen LogP contribution in [0.15, 0.2) is 30.3 Å². The molecule has 0 aliphatic carbocycles. The van der Waals surface area contributed by atoms with E-state index in [0.717, 1.165) is 32.5 Å². The molecule has 0 radical (unpaired) electrons. The standard InChI is InChI=1S/C15H22N2O2/c1-16(19-2)15(18)14-9-6-10-17(12-14)11-13-7-4-3-5-8-13/h3-5,7-8,14H,6,9-12H2,1-2H3. The van der Waals surface area contributed by atoms with Crippen molar-refractivity contribution < 1.29 is 9.63 Å². The topological polar surface area (TPSA) is 32.8 Å². The van der Waals surface area contributed by atoms with Crippen LogP contribution in [-0.2, 0) is 16.2 Å². The Morgan fingerprint density at radius 3 is 2.84 bits per heavy atom. The zero-order valence-corrected chi connectivity index (χ0v) is 11.7. The molecule has 2 rings (SSSR count). The van der Waals surface area contributed by atoms with Gasteiger partial charge in [0.15, 0.2) is 0 Å². The maximum absolute atomic E-state index is 12.1. The lowest BCUT2D eigenvalue weighted by atomic mass is 9.96. The zero-order chi connectivity index (χ0) is 13.7. The van der Waals surface area contributed by atoms with Gasteiger partial charge in [-0.25, -0.2) is 5.06 Å². The molecule has 1 saturated heterocycles. The van der Waals surface area contributed by atoms with Crippen molar-refractivity contribution in [2.75, 3.05) is 27.2 Å². The van der Waals surface area contributed by atoms with Crippen LogP contribution >= 0.6 is 0 Å². The number of amides is 1. The molecule has 1 amide bonds. The molecule has 0 bridgehead atoms. The summed E-state index contributed by atoms with van der Waals surface area (Å²) in [6, 6.07) is 10.4. The maximum atomic E-state index is 12.1. The number of carbonyl (C=O) groups excluding carboxylic acids is 1. The molecule has 4 heteroatoms. The first-order chi connectivity index (χ1) is 9.20. The van der Waals surface area contributed by atoms with E-state index in [4.69, 9.17) is 4.84 Å². The Bertz CT molecular complexity index is 408. The summed E-state index contributed by atoms with van der Waals surface area (Å²) >= 11 is 0. The van der Waals surface area contributed by atoms with Crippen LogP contribution in [-0.4, -0.2) is 43.1 Å². The predicted octanol–water partition coefficient (Wildman–Crippen LogP) is 1.92. The molecule has 1 atom stereocenters. The quantitative estimate of drug-likeness (QED) is 0.777. The van der Waals surface area contributed by atoms with Crippen LogP contribution in [0.4, 0.5) is 0 Å². The molecule has 1 fully saturated rings. The van der Waals surface area contributed by atoms with Crippen molar-refractivity contribution in [3.63, 3.8) is 0 Å². The van der Waals surface area contributed by atoms with E-state index in [2.05, 4.69) is 29.2 Å². The summed E-state index contributed by atoms with van der Waals surface area (Å²) in [5.41, 5.74) is 1.30. The third-order valence-electron chi connectivity index (χ3n) is 3.69. The van der Waals surface area contributed by atoms with Crippen LogP contribution in [0.1, 0.15) is 18.4 Å². The first kappa shape index (κ1) is 14.0. The summed E-state index contributed by atoms with van der Waals surface area (Å²) in [5, 5.41) is 1.34. The van der Waals surface area contributed by atoms with Gasteiger partial charge in [0.2, 0.25) is 5.91 Å². The molecule has 0 aromatic heterocycles. The summed E-state index contributed by atoms with van der Waals surface area (Å²) in [6.07, 6.45) is 2.03. The monoisotopic (exact) mass is 262 g/mol. The third-order valence-corrected chi connectivity index (χ3v) is 3.69. The number of hydrogen-bond acceptors (Lipinski definition) is 3. The number of hydroxylamine groups is 2. The smallest absolute Gasteiger partial charge is 0.250 e. The van der Waals surface area contributed by atoms with Crippen molar-refractivity contribution in [1.29, 1.82) is 0 Å². The van der Waals surface area contributed by atoms with Gasteiger partial charge in [-0.2, -0.15) is 0 Å². The molecule has 1 unspecified atom stereocenters. The molecule has 1 aliphatic rings. The van der Waals surface area contributed by atoms with Crippen molar-refractivity contribution in [2.24, 2.45) is 5.92 Å². The summed E-state index contributed by atoms with van der Waals surface area (Å²) in [7, 11) is 3.21. The summed E-state index contributed by atoms with van der Waals surface area (Å²) in [5.74, 6) is 0.141. The van der Waals surface area contributed by atoms with Gasteiger partial charge in [-0.1, -0.05) is 30.3 Å². The van der Waals surface area contributed by atoms with E-state index in [9.17, 15) is 4.79 Å². The zero-order valence-electron chi connectivity index (χ0n) is 11.7. The second kappa shape index (κ2) is 6.68. The fourth-order valence-corrected chi connectivity index (χ4v) is 2.59. The summed E-state index contributed by atoms with van der Waals surface area (Å²) < 4.78 is 0. The van der Waals surface area contributed by atoms with E-state index in [1.165, 1.54) is 17.7 Å². The second-order valence-electron chi connectivity index (χ2n) is 5.08. The van der Waals surface area contributed by atoms with Gasteiger partial charge in [0.05, 0.1) is 13.0 Å². The Balaban J connectivity index is 1.92. The molecule has 0 spiro atoms. The highest BCUT2D eigenvalue weighted by molar-refractivity contribution is 5.77. The van der Waals surface area contributed by atoms with Gasteiger partial charge < -0.3 is 0 Å². The van der Waals surface area contributed by atoms with Gasteiger partial charge in [0.1, 0.15) is 0 Å². The van der Waals surface area contributed by atoms with Gasteiger partial charge >= 0.3 is 0 Å². The van der Waals surface area contributed by atoms with Crippen molar-refractivity contribution in [1.82, 2.24) is 9.96 Å². The Labute approximate surface area is 114 Å². The van der Waals surface area contributed by atoms with E-state index in [-0.39, 0.29) is 11.8 Å². The van der Waals surface area contributed by atoms with E-state index >= 15 is 0 Å². The first-order valence-corrected chi connectivity index (χ1v) is 6.78. The molecule has 1 heterocycles. The molecule has 1 aliphatic heterocycles. The number of piperidine rings is 1. The molecule has 1 aromatic rings. The van der Waals surface area contributed by atoms with Crippen LogP contribution in [0, 0.1) is 5.92 Å². The number of hydrogen-bond donors (Lipinski definition) is 0. The average Bonchev–Trinajstić information content (AvgIpc) is 2.47. The molecule has 104 valence electrons.